The van der Waals surface area contributed by atoms with Gasteiger partial charge in [0.05, 0.1) is 5.75 Å². The van der Waals surface area contributed by atoms with Gasteiger partial charge in [-0.15, -0.1) is 0 Å². The third-order valence-electron chi connectivity index (χ3n) is 0.894. The molecule has 0 fully saturated rings. The highest BCUT2D eigenvalue weighted by Gasteiger charge is 2.07. The molecule has 1 N–H and O–H groups in total. The van der Waals surface area contributed by atoms with Crippen LogP contribution in [0.15, 0.2) is 0 Å². The fourth-order valence-corrected chi connectivity index (χ4v) is 2.37. The lowest BCUT2D eigenvalue weighted by atomic mass is 11.0. The second-order valence-corrected chi connectivity index (χ2v) is 5.68. The smallest absolute Gasteiger partial charge is 0.233 e. The molecule has 0 rings (SSSR count). The monoisotopic (exact) mass is 213 g/mol. The SMILES string of the molecule is CCSC(=S)NS(=O)(=O)CC. The van der Waals surface area contributed by atoms with Gasteiger partial charge in [0, 0.05) is 0 Å². The highest BCUT2D eigenvalue weighted by molar-refractivity contribution is 8.23. The van der Waals surface area contributed by atoms with Gasteiger partial charge in [0.15, 0.2) is 0 Å². The zero-order chi connectivity index (χ0) is 8.91. The Kier molecular flexibility index (Phi) is 5.03. The topological polar surface area (TPSA) is 46.2 Å². The van der Waals surface area contributed by atoms with E-state index in [1.165, 1.54) is 11.8 Å². The number of hydrogen-bond donors (Lipinski definition) is 1. The predicted octanol–water partition coefficient (Wildman–Crippen LogP) is 0.964. The fraction of sp³-hybridized carbons (Fsp3) is 0.800. The van der Waals surface area contributed by atoms with Gasteiger partial charge in [-0.3, -0.25) is 4.72 Å². The molecule has 0 aromatic heterocycles. The molecule has 0 spiro atoms. The molecule has 0 aliphatic rings. The van der Waals surface area contributed by atoms with Crippen molar-refractivity contribution in [1.82, 2.24) is 4.72 Å². The van der Waals surface area contributed by atoms with Crippen LogP contribution in [0.4, 0.5) is 0 Å². The zero-order valence-corrected chi connectivity index (χ0v) is 8.90. The van der Waals surface area contributed by atoms with Crippen LogP contribution in [-0.4, -0.2) is 24.2 Å². The van der Waals surface area contributed by atoms with Gasteiger partial charge in [0.2, 0.25) is 10.0 Å². The lowest BCUT2D eigenvalue weighted by Gasteiger charge is -2.04. The molecule has 6 heteroatoms. The molecule has 0 amide bonds. The van der Waals surface area contributed by atoms with Gasteiger partial charge in [0.1, 0.15) is 4.32 Å². The number of thiocarbonyl (C=S) groups is 1. The maximum absolute atomic E-state index is 10.9. The van der Waals surface area contributed by atoms with Crippen LogP contribution < -0.4 is 4.72 Å². The summed E-state index contributed by atoms with van der Waals surface area (Å²) in [4.78, 5) is 0. The minimum absolute atomic E-state index is 0.0669. The minimum atomic E-state index is -3.15. The minimum Gasteiger partial charge on any atom is -0.268 e. The van der Waals surface area contributed by atoms with Crippen molar-refractivity contribution in [2.75, 3.05) is 11.5 Å². The van der Waals surface area contributed by atoms with E-state index in [9.17, 15) is 8.42 Å². The van der Waals surface area contributed by atoms with E-state index in [1.807, 2.05) is 6.92 Å². The first kappa shape index (κ1) is 11.2. The Balaban J connectivity index is 3.95. The summed E-state index contributed by atoms with van der Waals surface area (Å²) in [6.07, 6.45) is 0. The average Bonchev–Trinajstić information content (AvgIpc) is 1.87. The Hall–Kier alpha value is 0.190. The molecule has 11 heavy (non-hydrogen) atoms. The van der Waals surface area contributed by atoms with E-state index in [0.29, 0.717) is 4.32 Å². The van der Waals surface area contributed by atoms with E-state index in [1.54, 1.807) is 6.92 Å². The summed E-state index contributed by atoms with van der Waals surface area (Å²) in [5, 5.41) is 0. The Labute approximate surface area is 77.0 Å². The van der Waals surface area contributed by atoms with E-state index in [0.717, 1.165) is 5.75 Å². The number of thioether (sulfide) groups is 1. The lowest BCUT2D eigenvalue weighted by molar-refractivity contribution is 0.594. The van der Waals surface area contributed by atoms with Crippen LogP contribution in [0, 0.1) is 0 Å². The maximum Gasteiger partial charge on any atom is 0.233 e. The van der Waals surface area contributed by atoms with Crippen molar-refractivity contribution < 1.29 is 8.42 Å². The summed E-state index contributed by atoms with van der Waals surface area (Å²) in [6, 6.07) is 0. The summed E-state index contributed by atoms with van der Waals surface area (Å²) in [6.45, 7) is 3.48. The maximum atomic E-state index is 10.9. The number of nitrogens with one attached hydrogen (secondary N) is 1. The first-order chi connectivity index (χ1) is 5.02. The summed E-state index contributed by atoms with van der Waals surface area (Å²) in [7, 11) is -3.15. The standard InChI is InChI=1S/C5H11NO2S3/c1-3-10-5(9)6-11(7,8)4-2/h3-4H2,1-2H3,(H,6,9). The summed E-state index contributed by atoms with van der Waals surface area (Å²) < 4.78 is 24.3. The molecule has 0 saturated carbocycles. The van der Waals surface area contributed by atoms with Crippen molar-refractivity contribution >= 4 is 38.3 Å². The molecule has 0 atom stereocenters. The van der Waals surface area contributed by atoms with E-state index in [2.05, 4.69) is 4.72 Å². The molecule has 0 aliphatic carbocycles. The highest BCUT2D eigenvalue weighted by atomic mass is 32.2. The van der Waals surface area contributed by atoms with Crippen LogP contribution in [-0.2, 0) is 10.0 Å². The van der Waals surface area contributed by atoms with Crippen LogP contribution in [0.5, 0.6) is 0 Å². The third kappa shape index (κ3) is 5.46. The van der Waals surface area contributed by atoms with Crippen molar-refractivity contribution in [3.63, 3.8) is 0 Å². The largest absolute Gasteiger partial charge is 0.268 e. The van der Waals surface area contributed by atoms with Gasteiger partial charge in [-0.25, -0.2) is 8.42 Å². The van der Waals surface area contributed by atoms with Gasteiger partial charge >= 0.3 is 0 Å². The van der Waals surface area contributed by atoms with Gasteiger partial charge in [-0.2, -0.15) is 0 Å². The molecule has 66 valence electrons. The molecule has 0 aromatic rings. The first-order valence-corrected chi connectivity index (χ1v) is 6.23. The molecule has 0 saturated heterocycles. The molecule has 0 bridgehead atoms. The summed E-state index contributed by atoms with van der Waals surface area (Å²) >= 11 is 6.05. The third-order valence-corrected chi connectivity index (χ3v) is 3.54. The number of sulfonamides is 1. The average molecular weight is 213 g/mol. The molecule has 0 radical (unpaired) electrons. The van der Waals surface area contributed by atoms with Crippen LogP contribution in [0.2, 0.25) is 0 Å². The molecule has 0 heterocycles. The van der Waals surface area contributed by atoms with Crippen LogP contribution in [0.25, 0.3) is 0 Å². The quantitative estimate of drug-likeness (QED) is 0.709. The van der Waals surface area contributed by atoms with Crippen molar-refractivity contribution in [3.05, 3.63) is 0 Å². The van der Waals surface area contributed by atoms with Crippen molar-refractivity contribution in [2.45, 2.75) is 13.8 Å². The Morgan fingerprint density at radius 1 is 1.55 bits per heavy atom. The van der Waals surface area contributed by atoms with Crippen LogP contribution >= 0.6 is 24.0 Å². The Morgan fingerprint density at radius 3 is 2.45 bits per heavy atom. The summed E-state index contributed by atoms with van der Waals surface area (Å²) in [5.41, 5.74) is 0. The van der Waals surface area contributed by atoms with Gasteiger partial charge in [-0.05, 0) is 12.7 Å². The van der Waals surface area contributed by atoms with Crippen molar-refractivity contribution in [3.8, 4) is 0 Å². The fourth-order valence-electron chi connectivity index (χ4n) is 0.360. The van der Waals surface area contributed by atoms with Crippen LogP contribution in [0.1, 0.15) is 13.8 Å². The lowest BCUT2D eigenvalue weighted by Crippen LogP contribution is -2.28. The first-order valence-electron chi connectivity index (χ1n) is 3.19. The Morgan fingerprint density at radius 2 is 2.09 bits per heavy atom. The number of hydrogen-bond acceptors (Lipinski definition) is 4. The van der Waals surface area contributed by atoms with E-state index < -0.39 is 10.0 Å². The van der Waals surface area contributed by atoms with Crippen LogP contribution in [0.3, 0.4) is 0 Å². The zero-order valence-electron chi connectivity index (χ0n) is 6.46. The highest BCUT2D eigenvalue weighted by Crippen LogP contribution is 2.01. The van der Waals surface area contributed by atoms with E-state index in [4.69, 9.17) is 12.2 Å². The van der Waals surface area contributed by atoms with E-state index >= 15 is 0 Å². The summed E-state index contributed by atoms with van der Waals surface area (Å²) in [5.74, 6) is 0.850. The van der Waals surface area contributed by atoms with Gasteiger partial charge in [0.25, 0.3) is 0 Å². The molecule has 3 nitrogen and oxygen atoms in total. The second-order valence-electron chi connectivity index (χ2n) is 1.73. The molecular formula is C5H11NO2S3. The molecule has 0 aliphatic heterocycles. The van der Waals surface area contributed by atoms with Crippen molar-refractivity contribution in [1.29, 1.82) is 0 Å². The molecule has 0 unspecified atom stereocenters. The predicted molar refractivity (Wildman–Crippen MR) is 53.3 cm³/mol. The van der Waals surface area contributed by atoms with Crippen molar-refractivity contribution in [2.24, 2.45) is 0 Å². The number of rotatable bonds is 3. The molecular weight excluding hydrogens is 202 g/mol. The van der Waals surface area contributed by atoms with Gasteiger partial charge in [-0.1, -0.05) is 30.9 Å². The van der Waals surface area contributed by atoms with Gasteiger partial charge < -0.3 is 0 Å². The Bertz CT molecular complexity index is 222. The second kappa shape index (κ2) is 4.95. The van der Waals surface area contributed by atoms with E-state index in [-0.39, 0.29) is 5.75 Å². The normalized spacial score (nSPS) is 11.1. The molecule has 0 aromatic carbocycles.